The van der Waals surface area contributed by atoms with E-state index in [1.165, 1.54) is 0 Å². The molecule has 5 heteroatoms. The van der Waals surface area contributed by atoms with Crippen LogP contribution in [-0.4, -0.2) is 15.0 Å². The number of unbranched alkanes of at least 4 members (excludes halogenated alkanes) is 2. The Balaban J connectivity index is 2.94. The summed E-state index contributed by atoms with van der Waals surface area (Å²) in [5.41, 5.74) is 8.68. The van der Waals surface area contributed by atoms with E-state index in [-0.39, 0.29) is 4.90 Å². The van der Waals surface area contributed by atoms with Gasteiger partial charge >= 0.3 is 0 Å². The minimum Gasteiger partial charge on any atom is -0.398 e. The number of sulfonamides is 1. The number of nitrogens with one attached hydrogen (secondary N) is 1. The highest BCUT2D eigenvalue weighted by Gasteiger charge is 2.21. The van der Waals surface area contributed by atoms with Gasteiger partial charge in [-0.2, -0.15) is 0 Å². The molecule has 1 aromatic rings. The van der Waals surface area contributed by atoms with Crippen molar-refractivity contribution in [3.8, 4) is 12.3 Å². The van der Waals surface area contributed by atoms with E-state index >= 15 is 0 Å². The van der Waals surface area contributed by atoms with E-state index < -0.39 is 10.0 Å². The SMILES string of the molecule is C#CCCCCNS(=O)(=O)c1c(C)cc(C)c(N)c1C. The second-order valence-electron chi connectivity index (χ2n) is 4.94. The first-order valence-electron chi connectivity index (χ1n) is 6.60. The Labute approximate surface area is 121 Å². The molecule has 0 unspecified atom stereocenters. The monoisotopic (exact) mass is 294 g/mol. The van der Waals surface area contributed by atoms with Crippen molar-refractivity contribution in [2.45, 2.75) is 44.9 Å². The number of anilines is 1. The Bertz CT molecular complexity index is 628. The highest BCUT2D eigenvalue weighted by Crippen LogP contribution is 2.27. The van der Waals surface area contributed by atoms with Gasteiger partial charge in [0, 0.05) is 18.7 Å². The van der Waals surface area contributed by atoms with Crippen LogP contribution in [0.4, 0.5) is 5.69 Å². The molecule has 1 aromatic carbocycles. The van der Waals surface area contributed by atoms with Gasteiger partial charge in [-0.1, -0.05) is 6.07 Å². The van der Waals surface area contributed by atoms with Crippen molar-refractivity contribution in [3.63, 3.8) is 0 Å². The maximum Gasteiger partial charge on any atom is 0.241 e. The van der Waals surface area contributed by atoms with Crippen LogP contribution in [0.15, 0.2) is 11.0 Å². The molecule has 0 amide bonds. The van der Waals surface area contributed by atoms with Gasteiger partial charge in [-0.25, -0.2) is 13.1 Å². The molecule has 0 saturated heterocycles. The van der Waals surface area contributed by atoms with Crippen molar-refractivity contribution in [1.29, 1.82) is 0 Å². The molecule has 0 aliphatic carbocycles. The summed E-state index contributed by atoms with van der Waals surface area (Å²) in [6.07, 6.45) is 7.36. The molecular weight excluding hydrogens is 272 g/mol. The average molecular weight is 294 g/mol. The van der Waals surface area contributed by atoms with Crippen molar-refractivity contribution in [1.82, 2.24) is 4.72 Å². The van der Waals surface area contributed by atoms with Crippen molar-refractivity contribution < 1.29 is 8.42 Å². The predicted octanol–water partition coefficient (Wildman–Crippen LogP) is 2.28. The lowest BCUT2D eigenvalue weighted by Crippen LogP contribution is -2.26. The number of rotatable bonds is 6. The summed E-state index contributed by atoms with van der Waals surface area (Å²) in [6.45, 7) is 5.78. The first kappa shape index (κ1) is 16.5. The molecule has 110 valence electrons. The standard InChI is InChI=1S/C15H22N2O2S/c1-5-6-7-8-9-17-20(18,19)15-12(3)10-11(2)14(16)13(15)4/h1,10,17H,6-9,16H2,2-4H3. The summed E-state index contributed by atoms with van der Waals surface area (Å²) in [7, 11) is -3.53. The van der Waals surface area contributed by atoms with Crippen LogP contribution in [-0.2, 0) is 10.0 Å². The zero-order valence-corrected chi connectivity index (χ0v) is 13.1. The summed E-state index contributed by atoms with van der Waals surface area (Å²) in [5.74, 6) is 2.54. The number of aryl methyl sites for hydroxylation is 2. The fourth-order valence-electron chi connectivity index (χ4n) is 2.23. The van der Waals surface area contributed by atoms with E-state index in [1.54, 1.807) is 19.9 Å². The van der Waals surface area contributed by atoms with E-state index in [0.29, 0.717) is 29.8 Å². The highest BCUT2D eigenvalue weighted by molar-refractivity contribution is 7.89. The number of nitrogens with two attached hydrogens (primary N) is 1. The Hall–Kier alpha value is -1.51. The maximum absolute atomic E-state index is 12.4. The molecule has 0 bridgehead atoms. The minimum absolute atomic E-state index is 0.289. The lowest BCUT2D eigenvalue weighted by molar-refractivity contribution is 0.576. The number of benzene rings is 1. The van der Waals surface area contributed by atoms with Crippen LogP contribution in [0.1, 0.15) is 36.0 Å². The molecule has 20 heavy (non-hydrogen) atoms. The van der Waals surface area contributed by atoms with Gasteiger partial charge in [0.15, 0.2) is 0 Å². The third-order valence-corrected chi connectivity index (χ3v) is 5.02. The Morgan fingerprint density at radius 2 is 1.90 bits per heavy atom. The molecule has 3 N–H and O–H groups in total. The molecule has 4 nitrogen and oxygen atoms in total. The molecule has 0 spiro atoms. The zero-order valence-electron chi connectivity index (χ0n) is 12.3. The molecule has 0 aliphatic rings. The van der Waals surface area contributed by atoms with E-state index in [1.807, 2.05) is 6.92 Å². The maximum atomic E-state index is 12.4. The molecule has 0 radical (unpaired) electrons. The summed E-state index contributed by atoms with van der Waals surface area (Å²) in [5, 5.41) is 0. The summed E-state index contributed by atoms with van der Waals surface area (Å²) < 4.78 is 27.3. The second kappa shape index (κ2) is 6.78. The number of hydrogen-bond donors (Lipinski definition) is 2. The molecule has 0 aromatic heterocycles. The zero-order chi connectivity index (χ0) is 15.3. The van der Waals surface area contributed by atoms with Crippen LogP contribution in [0.5, 0.6) is 0 Å². The van der Waals surface area contributed by atoms with Crippen molar-refractivity contribution in [2.75, 3.05) is 12.3 Å². The normalized spacial score (nSPS) is 11.3. The summed E-state index contributed by atoms with van der Waals surface area (Å²) in [6, 6.07) is 1.80. The Kier molecular flexibility index (Phi) is 5.61. The first-order valence-corrected chi connectivity index (χ1v) is 8.09. The Morgan fingerprint density at radius 3 is 2.50 bits per heavy atom. The smallest absolute Gasteiger partial charge is 0.241 e. The van der Waals surface area contributed by atoms with Gasteiger partial charge in [0.1, 0.15) is 0 Å². The Morgan fingerprint density at radius 1 is 1.25 bits per heavy atom. The van der Waals surface area contributed by atoms with Gasteiger partial charge < -0.3 is 5.73 Å². The van der Waals surface area contributed by atoms with Crippen molar-refractivity contribution >= 4 is 15.7 Å². The molecule has 0 atom stereocenters. The second-order valence-corrected chi connectivity index (χ2v) is 6.64. The van der Waals surface area contributed by atoms with Crippen LogP contribution in [0, 0.1) is 33.1 Å². The first-order chi connectivity index (χ1) is 9.31. The largest absolute Gasteiger partial charge is 0.398 e. The topological polar surface area (TPSA) is 72.2 Å². The van der Waals surface area contributed by atoms with Crippen molar-refractivity contribution in [2.24, 2.45) is 0 Å². The van der Waals surface area contributed by atoms with Gasteiger partial charge in [0.05, 0.1) is 4.90 Å². The number of terminal acetylenes is 1. The van der Waals surface area contributed by atoms with Crippen LogP contribution >= 0.6 is 0 Å². The van der Waals surface area contributed by atoms with Crippen LogP contribution in [0.3, 0.4) is 0 Å². The van der Waals surface area contributed by atoms with Crippen LogP contribution < -0.4 is 10.5 Å². The van der Waals surface area contributed by atoms with E-state index in [4.69, 9.17) is 12.2 Å². The number of hydrogen-bond acceptors (Lipinski definition) is 3. The molecule has 0 saturated carbocycles. The van der Waals surface area contributed by atoms with Crippen LogP contribution in [0.25, 0.3) is 0 Å². The van der Waals surface area contributed by atoms with Crippen molar-refractivity contribution in [3.05, 3.63) is 22.8 Å². The lowest BCUT2D eigenvalue weighted by Gasteiger charge is -2.15. The van der Waals surface area contributed by atoms with Gasteiger partial charge in [-0.15, -0.1) is 12.3 Å². The number of nitrogen functional groups attached to an aromatic ring is 1. The van der Waals surface area contributed by atoms with Gasteiger partial charge in [-0.3, -0.25) is 0 Å². The fourth-order valence-corrected chi connectivity index (χ4v) is 3.78. The fraction of sp³-hybridized carbons (Fsp3) is 0.467. The molecular formula is C15H22N2O2S. The highest BCUT2D eigenvalue weighted by atomic mass is 32.2. The average Bonchev–Trinajstić information content (AvgIpc) is 2.35. The molecule has 0 heterocycles. The summed E-state index contributed by atoms with van der Waals surface area (Å²) >= 11 is 0. The predicted molar refractivity (Wildman–Crippen MR) is 82.9 cm³/mol. The lowest BCUT2D eigenvalue weighted by atomic mass is 10.1. The third kappa shape index (κ3) is 3.75. The quantitative estimate of drug-likeness (QED) is 0.480. The van der Waals surface area contributed by atoms with Crippen LogP contribution in [0.2, 0.25) is 0 Å². The van der Waals surface area contributed by atoms with Gasteiger partial charge in [0.2, 0.25) is 10.0 Å². The minimum atomic E-state index is -3.53. The molecule has 0 aliphatic heterocycles. The van der Waals surface area contributed by atoms with E-state index in [2.05, 4.69) is 10.6 Å². The molecule has 1 rings (SSSR count). The summed E-state index contributed by atoms with van der Waals surface area (Å²) in [4.78, 5) is 0.289. The third-order valence-electron chi connectivity index (χ3n) is 3.27. The van der Waals surface area contributed by atoms with E-state index in [0.717, 1.165) is 18.4 Å². The van der Waals surface area contributed by atoms with Gasteiger partial charge in [-0.05, 0) is 50.3 Å². The van der Waals surface area contributed by atoms with Gasteiger partial charge in [0.25, 0.3) is 0 Å². The van der Waals surface area contributed by atoms with E-state index in [9.17, 15) is 8.42 Å². The molecule has 0 fully saturated rings.